The second-order valence-corrected chi connectivity index (χ2v) is 9.46. The Labute approximate surface area is 178 Å². The van der Waals surface area contributed by atoms with Crippen LogP contribution in [0.4, 0.5) is 11.8 Å². The van der Waals surface area contributed by atoms with Crippen LogP contribution in [0, 0.1) is 5.41 Å². The molecule has 1 aliphatic carbocycles. The number of nitrogens with zero attached hydrogens (tertiary/aromatic N) is 5. The molecule has 3 aromatic heterocycles. The smallest absolute Gasteiger partial charge is 0.211 e. The van der Waals surface area contributed by atoms with Crippen molar-refractivity contribution in [3.63, 3.8) is 0 Å². The minimum Gasteiger partial charge on any atom is -0.382 e. The molecule has 0 aromatic carbocycles. The number of imidazole rings is 1. The molecule has 1 saturated heterocycles. The first-order valence-electron chi connectivity index (χ1n) is 9.98. The van der Waals surface area contributed by atoms with Crippen molar-refractivity contribution < 1.29 is 0 Å². The van der Waals surface area contributed by atoms with Gasteiger partial charge < -0.3 is 16.4 Å². The van der Waals surface area contributed by atoms with Gasteiger partial charge in [0.1, 0.15) is 5.82 Å². The number of rotatable bonds is 3. The van der Waals surface area contributed by atoms with Crippen LogP contribution in [0.2, 0.25) is 5.02 Å². The summed E-state index contributed by atoms with van der Waals surface area (Å²) in [5.74, 6) is 1.26. The fourth-order valence-electron chi connectivity index (χ4n) is 4.77. The number of nitrogens with two attached hydrogens (primary N) is 2. The number of hydrogen-bond acceptors (Lipinski definition) is 7. The van der Waals surface area contributed by atoms with Crippen LogP contribution in [0.5, 0.6) is 0 Å². The van der Waals surface area contributed by atoms with Crippen LogP contribution in [0.1, 0.15) is 32.1 Å². The maximum atomic E-state index is 6.44. The second kappa shape index (κ2) is 7.34. The highest BCUT2D eigenvalue weighted by molar-refractivity contribution is 7.99. The number of pyridine rings is 1. The zero-order chi connectivity index (χ0) is 20.0. The lowest BCUT2D eigenvalue weighted by molar-refractivity contribution is 0.197. The average molecular weight is 430 g/mol. The number of hydrogen-bond donors (Lipinski definition) is 2. The van der Waals surface area contributed by atoms with Crippen LogP contribution in [0.3, 0.4) is 0 Å². The van der Waals surface area contributed by atoms with Gasteiger partial charge in [0.25, 0.3) is 0 Å². The lowest BCUT2D eigenvalue weighted by atomic mass is 9.74. The van der Waals surface area contributed by atoms with E-state index in [2.05, 4.69) is 19.3 Å². The van der Waals surface area contributed by atoms with Crippen molar-refractivity contribution in [2.75, 3.05) is 23.7 Å². The molecule has 1 aliphatic heterocycles. The van der Waals surface area contributed by atoms with Gasteiger partial charge in [0.2, 0.25) is 5.95 Å². The predicted molar refractivity (Wildman–Crippen MR) is 116 cm³/mol. The van der Waals surface area contributed by atoms with Crippen LogP contribution in [-0.2, 0) is 0 Å². The van der Waals surface area contributed by atoms with E-state index in [1.807, 2.05) is 24.7 Å². The van der Waals surface area contributed by atoms with Gasteiger partial charge in [-0.3, -0.25) is 4.40 Å². The summed E-state index contributed by atoms with van der Waals surface area (Å²) >= 11 is 7.82. The van der Waals surface area contributed by atoms with E-state index in [-0.39, 0.29) is 0 Å². The van der Waals surface area contributed by atoms with Gasteiger partial charge in [-0.05, 0) is 37.2 Å². The molecule has 0 amide bonds. The first kappa shape index (κ1) is 19.0. The molecule has 1 saturated carbocycles. The van der Waals surface area contributed by atoms with Gasteiger partial charge in [-0.1, -0.05) is 29.8 Å². The van der Waals surface area contributed by atoms with Crippen molar-refractivity contribution in [2.24, 2.45) is 11.1 Å². The highest BCUT2D eigenvalue weighted by Crippen LogP contribution is 2.46. The van der Waals surface area contributed by atoms with E-state index < -0.39 is 0 Å². The molecule has 4 N–H and O–H groups in total. The average Bonchev–Trinajstić information content (AvgIpc) is 3.35. The summed E-state index contributed by atoms with van der Waals surface area (Å²) in [6.45, 7) is 1.96. The van der Waals surface area contributed by atoms with Gasteiger partial charge in [-0.2, -0.15) is 0 Å². The summed E-state index contributed by atoms with van der Waals surface area (Å²) < 4.78 is 2.06. The third kappa shape index (κ3) is 3.23. The van der Waals surface area contributed by atoms with E-state index >= 15 is 0 Å². The lowest BCUT2D eigenvalue weighted by Crippen LogP contribution is -2.47. The SMILES string of the molecule is Nc1nccc(Sc2cnc(N3CCC4(CCCC4N)CC3)n3ccnc23)c1Cl. The normalized spacial score (nSPS) is 21.3. The summed E-state index contributed by atoms with van der Waals surface area (Å²) in [6.07, 6.45) is 13.3. The molecule has 7 nitrogen and oxygen atoms in total. The zero-order valence-electron chi connectivity index (χ0n) is 16.1. The van der Waals surface area contributed by atoms with Crippen molar-refractivity contribution in [1.29, 1.82) is 0 Å². The Morgan fingerprint density at radius 1 is 1.10 bits per heavy atom. The molecule has 3 aromatic rings. The molecular weight excluding hydrogens is 406 g/mol. The Hall–Kier alpha value is -2.03. The highest BCUT2D eigenvalue weighted by atomic mass is 35.5. The van der Waals surface area contributed by atoms with Gasteiger partial charge >= 0.3 is 0 Å². The van der Waals surface area contributed by atoms with E-state index in [0.29, 0.717) is 22.3 Å². The highest BCUT2D eigenvalue weighted by Gasteiger charge is 2.43. The molecule has 9 heteroatoms. The van der Waals surface area contributed by atoms with Crippen molar-refractivity contribution >= 4 is 40.8 Å². The van der Waals surface area contributed by atoms with Gasteiger partial charge in [0.05, 0.1) is 9.92 Å². The molecule has 5 rings (SSSR count). The Balaban J connectivity index is 1.42. The minimum atomic E-state index is 0.327. The molecule has 29 heavy (non-hydrogen) atoms. The predicted octanol–water partition coefficient (Wildman–Crippen LogP) is 3.61. The quantitative estimate of drug-likeness (QED) is 0.656. The van der Waals surface area contributed by atoms with Crippen molar-refractivity contribution in [1.82, 2.24) is 19.4 Å². The molecule has 1 unspecified atom stereocenters. The van der Waals surface area contributed by atoms with Crippen molar-refractivity contribution in [3.8, 4) is 0 Å². The first-order chi connectivity index (χ1) is 14.1. The Bertz CT molecular complexity index is 1040. The van der Waals surface area contributed by atoms with Crippen molar-refractivity contribution in [2.45, 2.75) is 47.9 Å². The third-order valence-corrected chi connectivity index (χ3v) is 8.07. The lowest BCUT2D eigenvalue weighted by Gasteiger charge is -2.42. The van der Waals surface area contributed by atoms with Gasteiger partial charge in [-0.25, -0.2) is 15.0 Å². The number of fused-ring (bicyclic) bond motifs is 1. The molecule has 4 heterocycles. The minimum absolute atomic E-state index is 0.327. The van der Waals surface area contributed by atoms with Gasteiger partial charge in [0, 0.05) is 48.8 Å². The number of halogens is 1. The van der Waals surface area contributed by atoms with Crippen LogP contribution in [0.15, 0.2) is 40.6 Å². The van der Waals surface area contributed by atoms with E-state index in [4.69, 9.17) is 28.1 Å². The van der Waals surface area contributed by atoms with E-state index in [1.54, 1.807) is 6.20 Å². The zero-order valence-corrected chi connectivity index (χ0v) is 17.7. The van der Waals surface area contributed by atoms with Gasteiger partial charge in [0.15, 0.2) is 5.65 Å². The van der Waals surface area contributed by atoms with Crippen LogP contribution >= 0.6 is 23.4 Å². The summed E-state index contributed by atoms with van der Waals surface area (Å²) in [6, 6.07) is 2.20. The molecular formula is C20H24ClN7S. The Kier molecular flexibility index (Phi) is 4.80. The Morgan fingerprint density at radius 2 is 1.93 bits per heavy atom. The summed E-state index contributed by atoms with van der Waals surface area (Å²) in [4.78, 5) is 17.5. The molecule has 0 radical (unpaired) electrons. The van der Waals surface area contributed by atoms with E-state index in [9.17, 15) is 0 Å². The first-order valence-corrected chi connectivity index (χ1v) is 11.2. The maximum Gasteiger partial charge on any atom is 0.211 e. The standard InChI is InChI=1S/C20H24ClN7S/c21-16-13(3-7-24-17(16)23)29-14-12-26-19(28-11-8-25-18(14)28)27-9-5-20(6-10-27)4-1-2-15(20)22/h3,7-8,11-12,15H,1-2,4-6,9-10,22H2,(H2,23,24). The van der Waals surface area contributed by atoms with Crippen LogP contribution < -0.4 is 16.4 Å². The van der Waals surface area contributed by atoms with Crippen molar-refractivity contribution in [3.05, 3.63) is 35.9 Å². The van der Waals surface area contributed by atoms with E-state index in [1.165, 1.54) is 24.6 Å². The molecule has 1 atom stereocenters. The monoisotopic (exact) mass is 429 g/mol. The number of piperidine rings is 1. The summed E-state index contributed by atoms with van der Waals surface area (Å²) in [5.41, 5.74) is 13.5. The van der Waals surface area contributed by atoms with Crippen LogP contribution in [0.25, 0.3) is 5.65 Å². The van der Waals surface area contributed by atoms with Crippen LogP contribution in [-0.4, -0.2) is 38.5 Å². The maximum absolute atomic E-state index is 6.44. The number of anilines is 2. The molecule has 2 aliphatic rings. The molecule has 152 valence electrons. The van der Waals surface area contributed by atoms with E-state index in [0.717, 1.165) is 53.7 Å². The number of nitrogen functional groups attached to an aromatic ring is 1. The summed E-state index contributed by atoms with van der Waals surface area (Å²) in [7, 11) is 0. The van der Waals surface area contributed by atoms with Gasteiger partial charge in [-0.15, -0.1) is 0 Å². The molecule has 2 fully saturated rings. The fraction of sp³-hybridized carbons (Fsp3) is 0.450. The molecule has 1 spiro atoms. The second-order valence-electron chi connectivity index (χ2n) is 8.00. The number of aromatic nitrogens is 4. The summed E-state index contributed by atoms with van der Waals surface area (Å²) in [5, 5.41) is 0.459. The fourth-order valence-corrected chi connectivity index (χ4v) is 5.90. The Morgan fingerprint density at radius 3 is 2.69 bits per heavy atom. The topological polar surface area (TPSA) is 98.4 Å². The molecule has 0 bridgehead atoms. The third-order valence-electron chi connectivity index (χ3n) is 6.49. The largest absolute Gasteiger partial charge is 0.382 e.